The highest BCUT2D eigenvalue weighted by molar-refractivity contribution is 7.99. The zero-order valence-corrected chi connectivity index (χ0v) is 17.1. The van der Waals surface area contributed by atoms with Crippen LogP contribution in [0.25, 0.3) is 10.6 Å². The molecule has 9 heteroatoms. The molecule has 26 heavy (non-hydrogen) atoms. The lowest BCUT2D eigenvalue weighted by molar-refractivity contribution is -0.113. The Hall–Kier alpha value is -1.31. The Morgan fingerprint density at radius 2 is 1.81 bits per heavy atom. The Balaban J connectivity index is 1.50. The molecule has 0 aliphatic heterocycles. The summed E-state index contributed by atoms with van der Waals surface area (Å²) in [4.78, 5) is 12.1. The summed E-state index contributed by atoms with van der Waals surface area (Å²) < 4.78 is 0. The van der Waals surface area contributed by atoms with Crippen LogP contribution in [-0.4, -0.2) is 21.9 Å². The van der Waals surface area contributed by atoms with Gasteiger partial charge in [-0.15, -0.1) is 22.0 Å². The first-order valence-corrected chi connectivity index (χ1v) is 10.5. The van der Waals surface area contributed by atoms with E-state index in [1.54, 1.807) is 24.3 Å². The number of carbonyl (C=O) groups is 1. The molecule has 0 fully saturated rings. The van der Waals surface area contributed by atoms with Gasteiger partial charge < -0.3 is 0 Å². The molecular weight excluding hydrogens is 433 g/mol. The van der Waals surface area contributed by atoms with Crippen LogP contribution in [0, 0.1) is 0 Å². The Labute approximate surface area is 173 Å². The van der Waals surface area contributed by atoms with Crippen molar-refractivity contribution in [3.63, 3.8) is 0 Å². The molecule has 3 rings (SSSR count). The number of anilines is 1. The number of nitrogens with zero attached hydrogens (tertiary/aromatic N) is 2. The van der Waals surface area contributed by atoms with Gasteiger partial charge in [0.15, 0.2) is 0 Å². The van der Waals surface area contributed by atoms with Crippen LogP contribution in [-0.2, 0) is 10.5 Å². The van der Waals surface area contributed by atoms with Crippen LogP contribution in [0.4, 0.5) is 5.13 Å². The Morgan fingerprint density at radius 1 is 1.04 bits per heavy atom. The van der Waals surface area contributed by atoms with Gasteiger partial charge in [-0.2, -0.15) is 0 Å². The third-order valence-corrected chi connectivity index (χ3v) is 6.13. The van der Waals surface area contributed by atoms with E-state index >= 15 is 0 Å². The van der Waals surface area contributed by atoms with Gasteiger partial charge in [0.1, 0.15) is 5.01 Å². The molecule has 0 atom stereocenters. The van der Waals surface area contributed by atoms with E-state index < -0.39 is 0 Å². The van der Waals surface area contributed by atoms with Crippen LogP contribution in [0.5, 0.6) is 0 Å². The van der Waals surface area contributed by atoms with Crippen molar-refractivity contribution in [1.82, 2.24) is 10.2 Å². The highest BCUT2D eigenvalue weighted by Crippen LogP contribution is 2.28. The fraction of sp³-hybridized carbons (Fsp3) is 0.118. The third-order valence-electron chi connectivity index (χ3n) is 3.25. The van der Waals surface area contributed by atoms with Crippen molar-refractivity contribution in [3.8, 4) is 10.6 Å². The number of halogens is 3. The number of amides is 1. The zero-order chi connectivity index (χ0) is 18.5. The van der Waals surface area contributed by atoms with Crippen LogP contribution >= 0.6 is 57.9 Å². The zero-order valence-electron chi connectivity index (χ0n) is 13.2. The number of hydrogen-bond acceptors (Lipinski definition) is 5. The van der Waals surface area contributed by atoms with Crippen LogP contribution in [0.3, 0.4) is 0 Å². The number of benzene rings is 2. The number of hydrogen-bond donors (Lipinski definition) is 1. The van der Waals surface area contributed by atoms with Crippen LogP contribution in [0.1, 0.15) is 5.56 Å². The maximum Gasteiger partial charge on any atom is 0.236 e. The molecule has 3 aromatic rings. The predicted octanol–water partition coefficient (Wildman–Crippen LogP) is 6.04. The fourth-order valence-corrected chi connectivity index (χ4v) is 4.02. The van der Waals surface area contributed by atoms with Gasteiger partial charge in [-0.25, -0.2) is 0 Å². The average molecular weight is 445 g/mol. The van der Waals surface area contributed by atoms with Crippen LogP contribution in [0.15, 0.2) is 42.5 Å². The second kappa shape index (κ2) is 9.06. The van der Waals surface area contributed by atoms with Crippen molar-refractivity contribution in [3.05, 3.63) is 63.1 Å². The predicted molar refractivity (Wildman–Crippen MR) is 112 cm³/mol. The number of thioether (sulfide) groups is 1. The molecule has 0 aliphatic rings. The van der Waals surface area contributed by atoms with E-state index in [9.17, 15) is 4.79 Å². The standard InChI is InChI=1S/C17H12Cl3N3OS2/c18-12-4-2-11(3-5-12)16-22-23-17(26-16)21-15(24)9-25-8-10-1-6-13(19)14(20)7-10/h1-7H,8-9H2,(H,21,23,24). The van der Waals surface area contributed by atoms with Crippen LogP contribution < -0.4 is 5.32 Å². The van der Waals surface area contributed by atoms with Crippen molar-refractivity contribution in [2.45, 2.75) is 5.75 Å². The van der Waals surface area contributed by atoms with Crippen molar-refractivity contribution < 1.29 is 4.79 Å². The minimum Gasteiger partial charge on any atom is -0.300 e. The lowest BCUT2D eigenvalue weighted by atomic mass is 10.2. The van der Waals surface area contributed by atoms with Crippen LogP contribution in [0.2, 0.25) is 15.1 Å². The molecule has 1 aromatic heterocycles. The number of rotatable bonds is 6. The fourth-order valence-electron chi connectivity index (χ4n) is 2.03. The Kier molecular flexibility index (Phi) is 6.78. The molecule has 0 saturated heterocycles. The number of aromatic nitrogens is 2. The van der Waals surface area contributed by atoms with Gasteiger partial charge >= 0.3 is 0 Å². The van der Waals surface area contributed by atoms with Gasteiger partial charge in [-0.05, 0) is 29.8 Å². The highest BCUT2D eigenvalue weighted by Gasteiger charge is 2.10. The first kappa shape index (κ1) is 19.5. The normalized spacial score (nSPS) is 10.7. The van der Waals surface area contributed by atoms with Gasteiger partial charge in [0.25, 0.3) is 0 Å². The van der Waals surface area contributed by atoms with E-state index in [4.69, 9.17) is 34.8 Å². The lowest BCUT2D eigenvalue weighted by Crippen LogP contribution is -2.13. The molecule has 1 N–H and O–H groups in total. The molecule has 2 aromatic carbocycles. The summed E-state index contributed by atoms with van der Waals surface area (Å²) in [7, 11) is 0. The summed E-state index contributed by atoms with van der Waals surface area (Å²) in [6.45, 7) is 0. The number of carbonyl (C=O) groups excluding carboxylic acids is 1. The molecule has 1 amide bonds. The smallest absolute Gasteiger partial charge is 0.236 e. The molecule has 0 unspecified atom stereocenters. The van der Waals surface area contributed by atoms with Crippen molar-refractivity contribution >= 4 is 68.9 Å². The van der Waals surface area contributed by atoms with Gasteiger partial charge in [0.05, 0.1) is 15.8 Å². The minimum absolute atomic E-state index is 0.131. The van der Waals surface area contributed by atoms with E-state index in [0.717, 1.165) is 16.1 Å². The lowest BCUT2D eigenvalue weighted by Gasteiger charge is -2.03. The Bertz CT molecular complexity index is 916. The van der Waals surface area contributed by atoms with E-state index in [1.165, 1.54) is 23.1 Å². The van der Waals surface area contributed by atoms with Gasteiger partial charge in [0.2, 0.25) is 11.0 Å². The molecule has 1 heterocycles. The molecule has 0 spiro atoms. The summed E-state index contributed by atoms with van der Waals surface area (Å²) in [6, 6.07) is 12.7. The monoisotopic (exact) mass is 443 g/mol. The molecule has 0 saturated carbocycles. The van der Waals surface area contributed by atoms with Gasteiger partial charge in [0, 0.05) is 16.3 Å². The summed E-state index contributed by atoms with van der Waals surface area (Å²) >= 11 is 20.5. The summed E-state index contributed by atoms with van der Waals surface area (Å²) in [5.74, 6) is 0.834. The van der Waals surface area contributed by atoms with E-state index in [0.29, 0.717) is 31.7 Å². The third kappa shape index (κ3) is 5.34. The molecule has 0 radical (unpaired) electrons. The molecule has 134 valence electrons. The van der Waals surface area contributed by atoms with Crippen molar-refractivity contribution in [2.24, 2.45) is 0 Å². The molecule has 0 bridgehead atoms. The summed E-state index contributed by atoms with van der Waals surface area (Å²) in [5.41, 5.74) is 1.92. The molecule has 0 aliphatic carbocycles. The summed E-state index contributed by atoms with van der Waals surface area (Å²) in [5, 5.41) is 13.7. The van der Waals surface area contributed by atoms with Crippen molar-refractivity contribution in [2.75, 3.05) is 11.1 Å². The Morgan fingerprint density at radius 3 is 2.54 bits per heavy atom. The SMILES string of the molecule is O=C(CSCc1ccc(Cl)c(Cl)c1)Nc1nnc(-c2ccc(Cl)cc2)s1. The van der Waals surface area contributed by atoms with Gasteiger partial charge in [-0.1, -0.05) is 64.3 Å². The maximum atomic E-state index is 12.1. The highest BCUT2D eigenvalue weighted by atomic mass is 35.5. The van der Waals surface area contributed by atoms with Crippen molar-refractivity contribution in [1.29, 1.82) is 0 Å². The molecular formula is C17H12Cl3N3OS2. The summed E-state index contributed by atoms with van der Waals surface area (Å²) in [6.07, 6.45) is 0. The second-order valence-corrected chi connectivity index (χ2v) is 8.42. The first-order chi connectivity index (χ1) is 12.5. The topological polar surface area (TPSA) is 54.9 Å². The van der Waals surface area contributed by atoms with E-state index in [2.05, 4.69) is 15.5 Å². The van der Waals surface area contributed by atoms with E-state index in [-0.39, 0.29) is 5.91 Å². The van der Waals surface area contributed by atoms with Gasteiger partial charge in [-0.3, -0.25) is 10.1 Å². The minimum atomic E-state index is -0.131. The second-order valence-electron chi connectivity index (χ2n) is 5.21. The first-order valence-electron chi connectivity index (χ1n) is 7.42. The largest absolute Gasteiger partial charge is 0.300 e. The maximum absolute atomic E-state index is 12.1. The van der Waals surface area contributed by atoms with E-state index in [1.807, 2.05) is 18.2 Å². The quantitative estimate of drug-likeness (QED) is 0.504. The number of nitrogens with one attached hydrogen (secondary N) is 1. The molecule has 4 nitrogen and oxygen atoms in total. The average Bonchev–Trinajstić information content (AvgIpc) is 3.07.